The Hall–Kier alpha value is -1.51. The second-order valence-corrected chi connectivity index (χ2v) is 3.60. The molecule has 0 saturated heterocycles. The average molecular weight is 220 g/mol. The van der Waals surface area contributed by atoms with Crippen LogP contribution in [0.4, 0.5) is 5.69 Å². The Morgan fingerprint density at radius 3 is 2.27 bits per heavy atom. The van der Waals surface area contributed by atoms with Gasteiger partial charge in [-0.25, -0.2) is 0 Å². The van der Waals surface area contributed by atoms with E-state index in [-0.39, 0.29) is 0 Å². The van der Waals surface area contributed by atoms with E-state index in [4.69, 9.17) is 16.8 Å². The molecule has 0 fully saturated rings. The third-order valence-electron chi connectivity index (χ3n) is 2.20. The minimum absolute atomic E-state index is 0.680. The number of para-hydroxylation sites is 1. The van der Waals surface area contributed by atoms with Gasteiger partial charge in [0.15, 0.2) is 0 Å². The van der Waals surface area contributed by atoms with E-state index in [1.807, 2.05) is 48.5 Å². The summed E-state index contributed by atoms with van der Waals surface area (Å²) in [7, 11) is 0. The highest BCUT2D eigenvalue weighted by Gasteiger charge is 2.02. The maximum absolute atomic E-state index is 8.96. The van der Waals surface area contributed by atoms with Crippen molar-refractivity contribution in [1.29, 1.82) is 0 Å². The summed E-state index contributed by atoms with van der Waals surface area (Å²) in [6.45, 7) is 0. The van der Waals surface area contributed by atoms with E-state index >= 15 is 0 Å². The fourth-order valence-corrected chi connectivity index (χ4v) is 1.59. The Kier molecular flexibility index (Phi) is 2.90. The zero-order chi connectivity index (χ0) is 10.7. The van der Waals surface area contributed by atoms with E-state index in [1.165, 1.54) is 0 Å². The molecule has 2 rings (SSSR count). The predicted molar refractivity (Wildman–Crippen MR) is 62.3 cm³/mol. The summed E-state index contributed by atoms with van der Waals surface area (Å²) in [5.74, 6) is 0. The molecule has 0 unspecified atom stereocenters. The third-order valence-corrected chi connectivity index (χ3v) is 2.45. The molecule has 2 nitrogen and oxygen atoms in total. The first-order valence-corrected chi connectivity index (χ1v) is 4.94. The highest BCUT2D eigenvalue weighted by molar-refractivity contribution is 6.30. The minimum Gasteiger partial charge on any atom is -0.291 e. The van der Waals surface area contributed by atoms with Crippen molar-refractivity contribution in [3.05, 3.63) is 53.6 Å². The van der Waals surface area contributed by atoms with E-state index in [0.29, 0.717) is 10.7 Å². The second kappa shape index (κ2) is 4.34. The van der Waals surface area contributed by atoms with Crippen molar-refractivity contribution in [1.82, 2.24) is 0 Å². The van der Waals surface area contributed by atoms with Crippen LogP contribution in [-0.4, -0.2) is 5.21 Å². The molecule has 2 aromatic carbocycles. The van der Waals surface area contributed by atoms with Crippen molar-refractivity contribution in [3.8, 4) is 11.1 Å². The fourth-order valence-electron chi connectivity index (χ4n) is 1.46. The number of benzene rings is 2. The number of halogens is 1. The smallest absolute Gasteiger partial charge is 0.0680 e. The van der Waals surface area contributed by atoms with Gasteiger partial charge in [0.1, 0.15) is 0 Å². The van der Waals surface area contributed by atoms with Gasteiger partial charge in [-0.15, -0.1) is 0 Å². The van der Waals surface area contributed by atoms with Gasteiger partial charge in [-0.2, -0.15) is 0 Å². The molecule has 0 aliphatic rings. The van der Waals surface area contributed by atoms with Crippen LogP contribution < -0.4 is 5.48 Å². The maximum atomic E-state index is 8.96. The molecule has 15 heavy (non-hydrogen) atoms. The van der Waals surface area contributed by atoms with Gasteiger partial charge in [0.2, 0.25) is 0 Å². The second-order valence-electron chi connectivity index (χ2n) is 3.16. The molecule has 0 aliphatic heterocycles. The summed E-state index contributed by atoms with van der Waals surface area (Å²) in [5.41, 5.74) is 4.81. The molecule has 0 saturated carbocycles. The van der Waals surface area contributed by atoms with Crippen LogP contribution >= 0.6 is 11.6 Å². The molecule has 0 spiro atoms. The standard InChI is InChI=1S/C12H10ClNO/c13-10-7-5-9(6-8-10)11-3-1-2-4-12(11)14-15/h1-8,14-15H. The fraction of sp³-hybridized carbons (Fsp3) is 0. The predicted octanol–water partition coefficient (Wildman–Crippen LogP) is 3.81. The van der Waals surface area contributed by atoms with Crippen molar-refractivity contribution in [2.75, 3.05) is 5.48 Å². The normalized spacial score (nSPS) is 10.0. The molecule has 3 heteroatoms. The summed E-state index contributed by atoms with van der Waals surface area (Å²) < 4.78 is 0. The van der Waals surface area contributed by atoms with E-state index in [1.54, 1.807) is 0 Å². The molecule has 0 aromatic heterocycles. The van der Waals surface area contributed by atoms with E-state index < -0.39 is 0 Å². The van der Waals surface area contributed by atoms with Crippen molar-refractivity contribution >= 4 is 17.3 Å². The van der Waals surface area contributed by atoms with Gasteiger partial charge >= 0.3 is 0 Å². The van der Waals surface area contributed by atoms with Crippen molar-refractivity contribution in [2.45, 2.75) is 0 Å². The van der Waals surface area contributed by atoms with Gasteiger partial charge < -0.3 is 0 Å². The SMILES string of the molecule is ONc1ccccc1-c1ccc(Cl)cc1. The largest absolute Gasteiger partial charge is 0.291 e. The lowest BCUT2D eigenvalue weighted by Gasteiger charge is -2.07. The van der Waals surface area contributed by atoms with Crippen molar-refractivity contribution < 1.29 is 5.21 Å². The van der Waals surface area contributed by atoms with Gasteiger partial charge in [0.05, 0.1) is 5.69 Å². The van der Waals surface area contributed by atoms with Crippen LogP contribution in [0.1, 0.15) is 0 Å². The Bertz CT molecular complexity index is 453. The molecule has 2 N–H and O–H groups in total. The van der Waals surface area contributed by atoms with Crippen LogP contribution in [0.5, 0.6) is 0 Å². The Morgan fingerprint density at radius 1 is 0.933 bits per heavy atom. The zero-order valence-corrected chi connectivity index (χ0v) is 8.70. The van der Waals surface area contributed by atoms with Crippen LogP contribution in [0.15, 0.2) is 48.5 Å². The lowest BCUT2D eigenvalue weighted by Crippen LogP contribution is -1.91. The van der Waals surface area contributed by atoms with E-state index in [2.05, 4.69) is 5.48 Å². The lowest BCUT2D eigenvalue weighted by molar-refractivity contribution is 0.389. The first kappa shape index (κ1) is 10.0. The highest BCUT2D eigenvalue weighted by Crippen LogP contribution is 2.28. The molecular weight excluding hydrogens is 210 g/mol. The van der Waals surface area contributed by atoms with Gasteiger partial charge in [-0.1, -0.05) is 41.9 Å². The van der Waals surface area contributed by atoms with Crippen LogP contribution in [0.3, 0.4) is 0 Å². The molecule has 0 aliphatic carbocycles. The first-order valence-electron chi connectivity index (χ1n) is 4.56. The Labute approximate surface area is 93.1 Å². The molecule has 0 bridgehead atoms. The van der Waals surface area contributed by atoms with Crippen LogP contribution in [-0.2, 0) is 0 Å². The summed E-state index contributed by atoms with van der Waals surface area (Å²) in [6.07, 6.45) is 0. The number of hydrogen-bond donors (Lipinski definition) is 2. The average Bonchev–Trinajstić information content (AvgIpc) is 2.30. The highest BCUT2D eigenvalue weighted by atomic mass is 35.5. The number of hydrogen-bond acceptors (Lipinski definition) is 2. The molecule has 2 aromatic rings. The van der Waals surface area contributed by atoms with E-state index in [9.17, 15) is 0 Å². The van der Waals surface area contributed by atoms with Crippen LogP contribution in [0, 0.1) is 0 Å². The Morgan fingerprint density at radius 2 is 1.60 bits per heavy atom. The molecular formula is C12H10ClNO. The van der Waals surface area contributed by atoms with Gasteiger partial charge in [-0.3, -0.25) is 10.7 Å². The molecule has 0 amide bonds. The van der Waals surface area contributed by atoms with Gasteiger partial charge in [0.25, 0.3) is 0 Å². The molecule has 0 heterocycles. The summed E-state index contributed by atoms with van der Waals surface area (Å²) >= 11 is 5.81. The first-order chi connectivity index (χ1) is 7.31. The molecule has 76 valence electrons. The third kappa shape index (κ3) is 2.12. The quantitative estimate of drug-likeness (QED) is 0.753. The van der Waals surface area contributed by atoms with E-state index in [0.717, 1.165) is 11.1 Å². The Balaban J connectivity index is 2.49. The molecule has 0 atom stereocenters. The number of rotatable bonds is 2. The topological polar surface area (TPSA) is 32.3 Å². The lowest BCUT2D eigenvalue weighted by atomic mass is 10.0. The van der Waals surface area contributed by atoms with Crippen molar-refractivity contribution in [2.24, 2.45) is 0 Å². The summed E-state index contributed by atoms with van der Waals surface area (Å²) in [4.78, 5) is 0. The number of nitrogens with one attached hydrogen (secondary N) is 1. The zero-order valence-electron chi connectivity index (χ0n) is 7.94. The monoisotopic (exact) mass is 219 g/mol. The summed E-state index contributed by atoms with van der Waals surface area (Å²) in [5, 5.41) is 9.66. The summed E-state index contributed by atoms with van der Waals surface area (Å²) in [6, 6.07) is 15.0. The van der Waals surface area contributed by atoms with Gasteiger partial charge in [-0.05, 0) is 23.8 Å². The minimum atomic E-state index is 0.680. The van der Waals surface area contributed by atoms with Crippen LogP contribution in [0.2, 0.25) is 5.02 Å². The maximum Gasteiger partial charge on any atom is 0.0680 e. The molecule has 0 radical (unpaired) electrons. The van der Waals surface area contributed by atoms with Crippen LogP contribution in [0.25, 0.3) is 11.1 Å². The van der Waals surface area contributed by atoms with Gasteiger partial charge in [0, 0.05) is 10.6 Å². The van der Waals surface area contributed by atoms with Crippen molar-refractivity contribution in [3.63, 3.8) is 0 Å². The number of anilines is 1.